The molecule has 3 heteroatoms. The number of nitrogens with one attached hydrogen (secondary N) is 1. The zero-order valence-corrected chi connectivity index (χ0v) is 12.6. The molecular formula is C16H25NO2. The van der Waals surface area contributed by atoms with Gasteiger partial charge >= 0.3 is 0 Å². The van der Waals surface area contributed by atoms with E-state index in [0.717, 1.165) is 5.56 Å². The third kappa shape index (κ3) is 2.99. The Morgan fingerprint density at radius 1 is 1.26 bits per heavy atom. The summed E-state index contributed by atoms with van der Waals surface area (Å²) in [6, 6.07) is 6.85. The van der Waals surface area contributed by atoms with E-state index in [2.05, 4.69) is 44.3 Å². The number of hydrogen-bond acceptors (Lipinski definition) is 3. The number of benzene rings is 1. The third-order valence-electron chi connectivity index (χ3n) is 3.95. The van der Waals surface area contributed by atoms with Crippen LogP contribution in [0.2, 0.25) is 0 Å². The molecule has 1 heterocycles. The lowest BCUT2D eigenvalue weighted by atomic mass is 9.93. The summed E-state index contributed by atoms with van der Waals surface area (Å²) in [6.07, 6.45) is 0. The van der Waals surface area contributed by atoms with Crippen molar-refractivity contribution < 1.29 is 9.47 Å². The maximum absolute atomic E-state index is 5.99. The summed E-state index contributed by atoms with van der Waals surface area (Å²) < 4.78 is 12.0. The van der Waals surface area contributed by atoms with Gasteiger partial charge in [0.05, 0.1) is 19.3 Å². The van der Waals surface area contributed by atoms with Crippen molar-refractivity contribution in [3.05, 3.63) is 34.9 Å². The maximum atomic E-state index is 5.99. The molecule has 0 spiro atoms. The van der Waals surface area contributed by atoms with Gasteiger partial charge in [0.15, 0.2) is 5.79 Å². The second-order valence-corrected chi connectivity index (χ2v) is 5.78. The van der Waals surface area contributed by atoms with Crippen LogP contribution in [0.25, 0.3) is 0 Å². The van der Waals surface area contributed by atoms with E-state index < -0.39 is 5.79 Å². The van der Waals surface area contributed by atoms with E-state index in [1.807, 2.05) is 14.0 Å². The van der Waals surface area contributed by atoms with Gasteiger partial charge in [0.25, 0.3) is 0 Å². The van der Waals surface area contributed by atoms with E-state index in [9.17, 15) is 0 Å². The van der Waals surface area contributed by atoms with Gasteiger partial charge in [-0.25, -0.2) is 0 Å². The highest BCUT2D eigenvalue weighted by atomic mass is 16.7. The first-order chi connectivity index (χ1) is 8.96. The van der Waals surface area contributed by atoms with Crippen LogP contribution in [-0.4, -0.2) is 26.3 Å². The molecule has 0 saturated carbocycles. The van der Waals surface area contributed by atoms with E-state index in [1.165, 1.54) is 11.1 Å². The minimum Gasteiger partial charge on any atom is -0.344 e. The molecule has 0 radical (unpaired) electrons. The molecule has 1 aliphatic rings. The number of hydrogen-bond donors (Lipinski definition) is 1. The van der Waals surface area contributed by atoms with Crippen molar-refractivity contribution in [3.8, 4) is 0 Å². The molecule has 1 aromatic carbocycles. The topological polar surface area (TPSA) is 30.5 Å². The lowest BCUT2D eigenvalue weighted by Crippen LogP contribution is -2.47. The second kappa shape index (κ2) is 5.61. The molecule has 1 N–H and O–H groups in total. The van der Waals surface area contributed by atoms with Gasteiger partial charge in [0.2, 0.25) is 0 Å². The first-order valence-electron chi connectivity index (χ1n) is 7.02. The molecule has 0 aliphatic carbocycles. The van der Waals surface area contributed by atoms with Crippen LogP contribution in [0.15, 0.2) is 18.2 Å². The van der Waals surface area contributed by atoms with Crippen molar-refractivity contribution in [2.24, 2.45) is 0 Å². The fourth-order valence-corrected chi connectivity index (χ4v) is 2.42. The van der Waals surface area contributed by atoms with Gasteiger partial charge < -0.3 is 14.8 Å². The van der Waals surface area contributed by atoms with Gasteiger partial charge in [-0.3, -0.25) is 0 Å². The van der Waals surface area contributed by atoms with Gasteiger partial charge in [-0.2, -0.15) is 0 Å². The smallest absolute Gasteiger partial charge is 0.192 e. The third-order valence-corrected chi connectivity index (χ3v) is 3.95. The van der Waals surface area contributed by atoms with Crippen LogP contribution in [0.5, 0.6) is 0 Å². The molecule has 0 aromatic heterocycles. The number of rotatable bonds is 3. The van der Waals surface area contributed by atoms with E-state index in [0.29, 0.717) is 19.1 Å². The molecule has 19 heavy (non-hydrogen) atoms. The molecule has 3 nitrogen and oxygen atoms in total. The van der Waals surface area contributed by atoms with Crippen molar-refractivity contribution in [1.82, 2.24) is 5.32 Å². The molecule has 106 valence electrons. The Morgan fingerprint density at radius 3 is 2.42 bits per heavy atom. The van der Waals surface area contributed by atoms with Gasteiger partial charge in [-0.15, -0.1) is 0 Å². The minimum absolute atomic E-state index is 0.279. The monoisotopic (exact) mass is 263 g/mol. The van der Waals surface area contributed by atoms with Gasteiger partial charge in [0, 0.05) is 5.56 Å². The molecule has 1 aromatic rings. The lowest BCUT2D eigenvalue weighted by Gasteiger charge is -2.39. The zero-order chi connectivity index (χ0) is 14.0. The number of ether oxygens (including phenoxy) is 2. The molecule has 0 atom stereocenters. The summed E-state index contributed by atoms with van der Waals surface area (Å²) in [5.74, 6) is -0.112. The molecule has 1 aliphatic heterocycles. The Bertz CT molecular complexity index is 434. The molecule has 1 saturated heterocycles. The summed E-state index contributed by atoms with van der Waals surface area (Å²) in [5.41, 5.74) is 3.69. The summed E-state index contributed by atoms with van der Waals surface area (Å²) in [4.78, 5) is 0. The average molecular weight is 263 g/mol. The molecule has 2 rings (SSSR count). The van der Waals surface area contributed by atoms with Crippen LogP contribution in [0.1, 0.15) is 43.4 Å². The molecule has 0 bridgehead atoms. The Kier molecular flexibility index (Phi) is 4.29. The first kappa shape index (κ1) is 14.5. The van der Waals surface area contributed by atoms with Crippen molar-refractivity contribution >= 4 is 0 Å². The summed E-state index contributed by atoms with van der Waals surface area (Å²) in [7, 11) is 1.94. The highest BCUT2D eigenvalue weighted by Crippen LogP contribution is 2.34. The fourth-order valence-electron chi connectivity index (χ4n) is 2.42. The first-order valence-corrected chi connectivity index (χ1v) is 7.02. The predicted octanol–water partition coefficient (Wildman–Crippen LogP) is 2.93. The van der Waals surface area contributed by atoms with Crippen LogP contribution >= 0.6 is 0 Å². The van der Waals surface area contributed by atoms with Crippen LogP contribution < -0.4 is 5.32 Å². The van der Waals surface area contributed by atoms with Crippen molar-refractivity contribution in [3.63, 3.8) is 0 Å². The van der Waals surface area contributed by atoms with E-state index >= 15 is 0 Å². The normalized spacial score (nSPS) is 27.8. The number of aryl methyl sites for hydroxylation is 1. The van der Waals surface area contributed by atoms with E-state index in [4.69, 9.17) is 9.47 Å². The van der Waals surface area contributed by atoms with Gasteiger partial charge in [0.1, 0.15) is 0 Å². The molecule has 0 unspecified atom stereocenters. The fraction of sp³-hybridized carbons (Fsp3) is 0.625. The van der Waals surface area contributed by atoms with Gasteiger partial charge in [-0.05, 0) is 44.0 Å². The van der Waals surface area contributed by atoms with E-state index in [1.54, 1.807) is 0 Å². The minimum atomic E-state index is -0.623. The van der Waals surface area contributed by atoms with Crippen molar-refractivity contribution in [1.29, 1.82) is 0 Å². The van der Waals surface area contributed by atoms with Crippen LogP contribution in [-0.2, 0) is 15.3 Å². The molecule has 0 amide bonds. The Morgan fingerprint density at radius 2 is 1.89 bits per heavy atom. The van der Waals surface area contributed by atoms with Crippen LogP contribution in [0.4, 0.5) is 0 Å². The molecule has 1 fully saturated rings. The zero-order valence-electron chi connectivity index (χ0n) is 12.6. The Labute approximate surface area is 116 Å². The Hall–Kier alpha value is -0.900. The second-order valence-electron chi connectivity index (χ2n) is 5.78. The SMILES string of the molecule is CNC1COC(C)(c2cc(C(C)C)ccc2C)OC1. The summed E-state index contributed by atoms with van der Waals surface area (Å²) in [6.45, 7) is 9.90. The van der Waals surface area contributed by atoms with Crippen LogP contribution in [0, 0.1) is 6.92 Å². The standard InChI is InChI=1S/C16H25NO2/c1-11(2)13-7-6-12(3)15(8-13)16(4)18-9-14(17-5)10-19-16/h6-8,11,14,17H,9-10H2,1-5H3. The maximum Gasteiger partial charge on any atom is 0.192 e. The highest BCUT2D eigenvalue weighted by Gasteiger charge is 2.35. The lowest BCUT2D eigenvalue weighted by molar-refractivity contribution is -0.272. The Balaban J connectivity index is 2.28. The van der Waals surface area contributed by atoms with Gasteiger partial charge in [-0.1, -0.05) is 26.0 Å². The number of likely N-dealkylation sites (N-methyl/N-ethyl adjacent to an activating group) is 1. The highest BCUT2D eigenvalue weighted by molar-refractivity contribution is 5.35. The molecular weight excluding hydrogens is 238 g/mol. The van der Waals surface area contributed by atoms with Crippen LogP contribution in [0.3, 0.4) is 0 Å². The van der Waals surface area contributed by atoms with Crippen molar-refractivity contribution in [2.75, 3.05) is 20.3 Å². The average Bonchev–Trinajstić information content (AvgIpc) is 2.39. The van der Waals surface area contributed by atoms with Crippen molar-refractivity contribution in [2.45, 2.75) is 45.4 Å². The predicted molar refractivity (Wildman–Crippen MR) is 77.4 cm³/mol. The van der Waals surface area contributed by atoms with E-state index in [-0.39, 0.29) is 6.04 Å². The quantitative estimate of drug-likeness (QED) is 0.909. The largest absolute Gasteiger partial charge is 0.344 e. The summed E-state index contributed by atoms with van der Waals surface area (Å²) >= 11 is 0. The summed E-state index contributed by atoms with van der Waals surface area (Å²) in [5, 5.41) is 3.19.